The van der Waals surface area contributed by atoms with Gasteiger partial charge in [-0.1, -0.05) is 6.07 Å². The number of fused-ring (bicyclic) bond motifs is 1. The Hall–Kier alpha value is -4.64. The molecule has 17 heteroatoms. The van der Waals surface area contributed by atoms with Crippen LogP contribution in [0.5, 0.6) is 5.75 Å². The molecule has 1 saturated carbocycles. The number of rotatable bonds is 9. The standard InChI is InChI=1S/C30H20F7N3O5S2/c1-45-21-7-2-14(25(41)38-13-28(47-44)8-9-28)10-18(21)26(42)40-23-17-5-3-15(29(32,33)34)11-22(17)46-24(23)27(43)39-16-4-6-20(31)19(12-16)30(35,36)37/h2-7,10-12H,8-9,13H2,1H3,(H2-,38,39,40,41,42,43)/p+1. The average Bonchev–Trinajstić information content (AvgIpc) is 3.72. The highest BCUT2D eigenvalue weighted by atomic mass is 32.1. The van der Waals surface area contributed by atoms with Gasteiger partial charge in [0.15, 0.2) is 0 Å². The molecule has 0 atom stereocenters. The Morgan fingerprint density at radius 2 is 1.62 bits per heavy atom. The normalized spacial score (nSPS) is 14.0. The molecule has 3 amide bonds. The molecule has 5 rings (SSSR count). The van der Waals surface area contributed by atoms with Crippen molar-refractivity contribution in [2.24, 2.45) is 0 Å². The molecule has 1 aliphatic carbocycles. The van der Waals surface area contributed by atoms with Crippen LogP contribution in [0.1, 0.15) is 54.4 Å². The summed E-state index contributed by atoms with van der Waals surface area (Å²) >= 11 is 0.912. The van der Waals surface area contributed by atoms with Crippen molar-refractivity contribution < 1.29 is 54.1 Å². The van der Waals surface area contributed by atoms with E-state index in [1.165, 1.54) is 25.3 Å². The Labute approximate surface area is 268 Å². The lowest BCUT2D eigenvalue weighted by Gasteiger charge is -2.13. The second-order valence-electron chi connectivity index (χ2n) is 10.5. The van der Waals surface area contributed by atoms with Gasteiger partial charge < -0.3 is 20.7 Å². The largest absolute Gasteiger partial charge is 0.496 e. The zero-order valence-corrected chi connectivity index (χ0v) is 25.5. The fourth-order valence-corrected chi connectivity index (χ4v) is 6.04. The molecule has 8 nitrogen and oxygen atoms in total. The quantitative estimate of drug-likeness (QED) is 0.126. The minimum absolute atomic E-state index is 0.00528. The lowest BCUT2D eigenvalue weighted by Crippen LogP contribution is -2.33. The van der Waals surface area contributed by atoms with Crippen LogP contribution in [0.4, 0.5) is 42.1 Å². The first kappa shape index (κ1) is 33.7. The Morgan fingerprint density at radius 3 is 2.23 bits per heavy atom. The van der Waals surface area contributed by atoms with Crippen LogP contribution >= 0.6 is 11.3 Å². The van der Waals surface area contributed by atoms with Gasteiger partial charge in [0.05, 0.1) is 36.0 Å². The molecular formula is C30H21F7N3O5S2+. The third-order valence-corrected chi connectivity index (χ3v) is 9.31. The molecule has 3 N–H and O–H groups in total. The predicted octanol–water partition coefficient (Wildman–Crippen LogP) is 7.28. The minimum Gasteiger partial charge on any atom is -0.496 e. The third-order valence-electron chi connectivity index (χ3n) is 7.25. The molecule has 1 heterocycles. The van der Waals surface area contributed by atoms with Crippen LogP contribution in [-0.4, -0.2) is 36.1 Å². The Balaban J connectivity index is 1.51. The lowest BCUT2D eigenvalue weighted by molar-refractivity contribution is -0.140. The molecule has 3 aromatic carbocycles. The molecule has 1 aliphatic rings. The smallest absolute Gasteiger partial charge is 0.467 e. The summed E-state index contributed by atoms with van der Waals surface area (Å²) in [6, 6.07) is 8.04. The number of methoxy groups -OCH3 is 1. The summed E-state index contributed by atoms with van der Waals surface area (Å²) in [5, 5.41) is 7.27. The van der Waals surface area contributed by atoms with Crippen LogP contribution in [0, 0.1) is 5.82 Å². The zero-order valence-electron chi connectivity index (χ0n) is 23.8. The first-order valence-corrected chi connectivity index (χ1v) is 15.0. The van der Waals surface area contributed by atoms with Crippen LogP contribution in [0.25, 0.3) is 10.1 Å². The molecule has 1 aromatic heterocycles. The number of alkyl halides is 6. The molecule has 246 valence electrons. The Morgan fingerprint density at radius 1 is 0.894 bits per heavy atom. The van der Waals surface area contributed by atoms with E-state index in [0.717, 1.165) is 24.3 Å². The monoisotopic (exact) mass is 700 g/mol. The Bertz CT molecular complexity index is 1920. The van der Waals surface area contributed by atoms with E-state index in [9.17, 15) is 49.3 Å². The van der Waals surface area contributed by atoms with Crippen LogP contribution in [0.2, 0.25) is 0 Å². The highest BCUT2D eigenvalue weighted by Crippen LogP contribution is 2.41. The van der Waals surface area contributed by atoms with Crippen molar-refractivity contribution in [1.29, 1.82) is 0 Å². The first-order chi connectivity index (χ1) is 22.0. The molecule has 0 aliphatic heterocycles. The second kappa shape index (κ2) is 12.5. The third kappa shape index (κ3) is 7.20. The van der Waals surface area contributed by atoms with Crippen molar-refractivity contribution in [3.8, 4) is 5.75 Å². The van der Waals surface area contributed by atoms with Gasteiger partial charge in [-0.25, -0.2) is 4.39 Å². The summed E-state index contributed by atoms with van der Waals surface area (Å²) in [6.45, 7) is 0.103. The van der Waals surface area contributed by atoms with Crippen LogP contribution in [0.15, 0.2) is 54.6 Å². The van der Waals surface area contributed by atoms with Gasteiger partial charge in [-0.15, -0.1) is 11.3 Å². The molecule has 0 saturated heterocycles. The van der Waals surface area contributed by atoms with E-state index in [-0.39, 0.29) is 44.1 Å². The second-order valence-corrected chi connectivity index (χ2v) is 12.6. The summed E-state index contributed by atoms with van der Waals surface area (Å²) in [5.74, 6) is -4.25. The van der Waals surface area contributed by atoms with Crippen molar-refractivity contribution in [2.45, 2.75) is 29.9 Å². The fraction of sp³-hybridized carbons (Fsp3) is 0.233. The van der Waals surface area contributed by atoms with Gasteiger partial charge >= 0.3 is 24.0 Å². The molecule has 0 bridgehead atoms. The number of carbonyl (C=O) groups is 3. The first-order valence-electron chi connectivity index (χ1n) is 13.5. The molecule has 4 aromatic rings. The van der Waals surface area contributed by atoms with Gasteiger partial charge in [-0.2, -0.15) is 26.3 Å². The summed E-state index contributed by atoms with van der Waals surface area (Å²) in [4.78, 5) is 39.4. The minimum atomic E-state index is -5.09. The van der Waals surface area contributed by atoms with Gasteiger partial charge in [-0.3, -0.25) is 14.4 Å². The van der Waals surface area contributed by atoms with Gasteiger partial charge in [0.1, 0.15) is 16.4 Å². The van der Waals surface area contributed by atoms with E-state index in [0.29, 0.717) is 48.0 Å². The molecule has 47 heavy (non-hydrogen) atoms. The van der Waals surface area contributed by atoms with E-state index in [4.69, 9.17) is 4.74 Å². The number of ether oxygens (including phenoxy) is 1. The number of amides is 3. The number of halogens is 7. The van der Waals surface area contributed by atoms with Crippen molar-refractivity contribution in [1.82, 2.24) is 5.32 Å². The number of hydrogen-bond donors (Lipinski definition) is 3. The number of carbonyl (C=O) groups excluding carboxylic acids is 3. The molecule has 0 radical (unpaired) electrons. The summed E-state index contributed by atoms with van der Waals surface area (Å²) < 4.78 is 110. The van der Waals surface area contributed by atoms with E-state index in [2.05, 4.69) is 16.0 Å². The summed E-state index contributed by atoms with van der Waals surface area (Å²) in [6.07, 6.45) is -8.57. The Kier molecular flexibility index (Phi) is 8.98. The van der Waals surface area contributed by atoms with Gasteiger partial charge in [-0.05, 0) is 48.5 Å². The SMILES string of the molecule is COc1ccc(C(=O)NCC2([S+]=O)CC2)cc1C(=O)Nc1c(C(=O)Nc2ccc(F)c(C(F)(F)F)c2)sc2cc(C(F)(F)F)ccc12. The van der Waals surface area contributed by atoms with E-state index >= 15 is 0 Å². The maximum Gasteiger partial charge on any atom is 0.467 e. The molecular weight excluding hydrogens is 679 g/mol. The predicted molar refractivity (Wildman–Crippen MR) is 159 cm³/mol. The van der Waals surface area contributed by atoms with Crippen molar-refractivity contribution in [3.63, 3.8) is 0 Å². The average molecular weight is 701 g/mol. The number of thiophene rings is 1. The van der Waals surface area contributed by atoms with E-state index in [1.54, 1.807) is 0 Å². The van der Waals surface area contributed by atoms with Gasteiger partial charge in [0, 0.05) is 38.4 Å². The molecule has 0 spiro atoms. The summed E-state index contributed by atoms with van der Waals surface area (Å²) in [5.41, 5.74) is -3.66. The van der Waals surface area contributed by atoms with Crippen LogP contribution in [-0.2, 0) is 28.2 Å². The zero-order chi connectivity index (χ0) is 34.3. The summed E-state index contributed by atoms with van der Waals surface area (Å²) in [7, 11) is 1.24. The maximum atomic E-state index is 13.8. The van der Waals surface area contributed by atoms with Crippen molar-refractivity contribution >= 4 is 62.2 Å². The van der Waals surface area contributed by atoms with Crippen LogP contribution < -0.4 is 20.7 Å². The van der Waals surface area contributed by atoms with E-state index in [1.807, 2.05) is 0 Å². The fourth-order valence-electron chi connectivity index (χ4n) is 4.54. The number of hydrogen-bond acceptors (Lipinski definition) is 6. The molecule has 1 fully saturated rings. The number of benzene rings is 3. The van der Waals surface area contributed by atoms with Gasteiger partial charge in [0.2, 0.25) is 0 Å². The molecule has 0 unspecified atom stereocenters. The highest BCUT2D eigenvalue weighted by molar-refractivity contribution is 7.67. The van der Waals surface area contributed by atoms with E-state index < -0.39 is 57.5 Å². The maximum absolute atomic E-state index is 13.8. The lowest BCUT2D eigenvalue weighted by atomic mass is 10.1. The van der Waals surface area contributed by atoms with Crippen LogP contribution in [0.3, 0.4) is 0 Å². The van der Waals surface area contributed by atoms with Crippen molar-refractivity contribution in [3.05, 3.63) is 87.5 Å². The highest BCUT2D eigenvalue weighted by Gasteiger charge is 2.57. The van der Waals surface area contributed by atoms with Crippen molar-refractivity contribution in [2.75, 3.05) is 24.3 Å². The number of nitrogens with one attached hydrogen (secondary N) is 3. The van der Waals surface area contributed by atoms with Gasteiger partial charge in [0.25, 0.3) is 22.5 Å². The number of anilines is 2. The topological polar surface area (TPSA) is 114 Å².